The highest BCUT2D eigenvalue weighted by Gasteiger charge is 2.06. The van der Waals surface area contributed by atoms with Gasteiger partial charge in [0.05, 0.1) is 12.2 Å². The largest absolute Gasteiger partial charge is 0.478 e. The summed E-state index contributed by atoms with van der Waals surface area (Å²) in [7, 11) is 1.65. The van der Waals surface area contributed by atoms with Crippen molar-refractivity contribution in [1.29, 1.82) is 0 Å². The Labute approximate surface area is 83.3 Å². The Morgan fingerprint density at radius 3 is 2.43 bits per heavy atom. The Hall–Kier alpha value is -1.35. The summed E-state index contributed by atoms with van der Waals surface area (Å²) in [4.78, 5) is 10.6. The van der Waals surface area contributed by atoms with Crippen LogP contribution >= 0.6 is 0 Å². The molecule has 3 nitrogen and oxygen atoms in total. The van der Waals surface area contributed by atoms with Gasteiger partial charge in [-0.1, -0.05) is 19.1 Å². The first-order chi connectivity index (χ1) is 6.65. The number of carboxylic acid groups (broad SMARTS) is 1. The van der Waals surface area contributed by atoms with Gasteiger partial charge in [0.25, 0.3) is 0 Å². The van der Waals surface area contributed by atoms with Crippen molar-refractivity contribution in [2.75, 3.05) is 13.7 Å². The summed E-state index contributed by atoms with van der Waals surface area (Å²) in [5.74, 6) is -0.598. The zero-order valence-electron chi connectivity index (χ0n) is 8.36. The summed E-state index contributed by atoms with van der Waals surface area (Å²) in [6.45, 7) is 2.69. The van der Waals surface area contributed by atoms with Gasteiger partial charge in [-0.3, -0.25) is 0 Å². The molecule has 76 valence electrons. The third-order valence-corrected chi connectivity index (χ3v) is 2.14. The molecule has 14 heavy (non-hydrogen) atoms. The van der Waals surface area contributed by atoms with E-state index in [0.29, 0.717) is 18.1 Å². The number of hydrogen-bond donors (Lipinski definition) is 1. The lowest BCUT2D eigenvalue weighted by molar-refractivity contribution is 0.0697. The highest BCUT2D eigenvalue weighted by atomic mass is 16.5. The number of carboxylic acids is 1. The van der Waals surface area contributed by atoms with Crippen molar-refractivity contribution in [3.05, 3.63) is 35.4 Å². The SMILES string of the molecule is COCC(C)c1ccc(C(=O)O)cc1. The van der Waals surface area contributed by atoms with Crippen LogP contribution in [0.15, 0.2) is 24.3 Å². The maximum absolute atomic E-state index is 10.6. The van der Waals surface area contributed by atoms with Gasteiger partial charge in [0.15, 0.2) is 0 Å². The maximum Gasteiger partial charge on any atom is 0.335 e. The number of methoxy groups -OCH3 is 1. The predicted molar refractivity (Wildman–Crippen MR) is 53.7 cm³/mol. The fourth-order valence-electron chi connectivity index (χ4n) is 1.30. The zero-order valence-corrected chi connectivity index (χ0v) is 8.36. The summed E-state index contributed by atoms with van der Waals surface area (Å²) in [5.41, 5.74) is 1.41. The second-order valence-corrected chi connectivity index (χ2v) is 3.28. The topological polar surface area (TPSA) is 46.5 Å². The minimum Gasteiger partial charge on any atom is -0.478 e. The number of carbonyl (C=O) groups is 1. The van der Waals surface area contributed by atoms with Crippen LogP contribution < -0.4 is 0 Å². The summed E-state index contributed by atoms with van der Waals surface area (Å²) >= 11 is 0. The summed E-state index contributed by atoms with van der Waals surface area (Å²) in [5, 5.41) is 8.69. The number of aromatic carboxylic acids is 1. The van der Waals surface area contributed by atoms with Gasteiger partial charge in [-0.15, -0.1) is 0 Å². The highest BCUT2D eigenvalue weighted by molar-refractivity contribution is 5.87. The average molecular weight is 194 g/mol. The van der Waals surface area contributed by atoms with Crippen LogP contribution in [0.5, 0.6) is 0 Å². The second-order valence-electron chi connectivity index (χ2n) is 3.28. The van der Waals surface area contributed by atoms with Crippen LogP contribution in [0.3, 0.4) is 0 Å². The average Bonchev–Trinajstić information content (AvgIpc) is 2.18. The molecule has 0 spiro atoms. The van der Waals surface area contributed by atoms with Gasteiger partial charge in [0.2, 0.25) is 0 Å². The monoisotopic (exact) mass is 194 g/mol. The van der Waals surface area contributed by atoms with Crippen LogP contribution in [-0.2, 0) is 4.74 Å². The Bertz CT molecular complexity index is 303. The van der Waals surface area contributed by atoms with E-state index < -0.39 is 5.97 Å². The van der Waals surface area contributed by atoms with Crippen molar-refractivity contribution in [1.82, 2.24) is 0 Å². The molecule has 1 aromatic carbocycles. The Morgan fingerprint density at radius 1 is 1.43 bits per heavy atom. The van der Waals surface area contributed by atoms with Crippen molar-refractivity contribution in [3.8, 4) is 0 Å². The van der Waals surface area contributed by atoms with Crippen LogP contribution in [0.4, 0.5) is 0 Å². The maximum atomic E-state index is 10.6. The number of hydrogen-bond acceptors (Lipinski definition) is 2. The molecule has 1 rings (SSSR count). The third-order valence-electron chi connectivity index (χ3n) is 2.14. The highest BCUT2D eigenvalue weighted by Crippen LogP contribution is 2.15. The van der Waals surface area contributed by atoms with E-state index in [1.165, 1.54) is 0 Å². The van der Waals surface area contributed by atoms with Gasteiger partial charge < -0.3 is 9.84 Å². The summed E-state index contributed by atoms with van der Waals surface area (Å²) < 4.78 is 5.02. The molecule has 0 saturated carbocycles. The fraction of sp³-hybridized carbons (Fsp3) is 0.364. The van der Waals surface area contributed by atoms with Gasteiger partial charge in [-0.25, -0.2) is 4.79 Å². The minimum absolute atomic E-state index is 0.294. The van der Waals surface area contributed by atoms with E-state index in [2.05, 4.69) is 0 Å². The Morgan fingerprint density at radius 2 is 2.00 bits per heavy atom. The van der Waals surface area contributed by atoms with E-state index in [4.69, 9.17) is 9.84 Å². The molecular weight excluding hydrogens is 180 g/mol. The number of rotatable bonds is 4. The molecule has 3 heteroatoms. The Kier molecular flexibility index (Phi) is 3.65. The second kappa shape index (κ2) is 4.77. The lowest BCUT2D eigenvalue weighted by Crippen LogP contribution is -2.03. The molecule has 0 amide bonds. The van der Waals surface area contributed by atoms with E-state index in [9.17, 15) is 4.79 Å². The molecule has 0 radical (unpaired) electrons. The van der Waals surface area contributed by atoms with Crippen LogP contribution in [-0.4, -0.2) is 24.8 Å². The molecule has 1 aromatic rings. The van der Waals surface area contributed by atoms with Gasteiger partial charge in [0, 0.05) is 13.0 Å². The van der Waals surface area contributed by atoms with Crippen molar-refractivity contribution < 1.29 is 14.6 Å². The first-order valence-corrected chi connectivity index (χ1v) is 4.47. The lowest BCUT2D eigenvalue weighted by atomic mass is 10.0. The smallest absolute Gasteiger partial charge is 0.335 e. The standard InChI is InChI=1S/C11H14O3/c1-8(7-14-2)9-3-5-10(6-4-9)11(12)13/h3-6,8H,7H2,1-2H3,(H,12,13). The molecule has 1 N–H and O–H groups in total. The normalized spacial score (nSPS) is 12.4. The molecule has 0 aliphatic heterocycles. The molecule has 0 aliphatic carbocycles. The number of ether oxygens (including phenoxy) is 1. The first-order valence-electron chi connectivity index (χ1n) is 4.47. The molecule has 1 atom stereocenters. The van der Waals surface area contributed by atoms with Crippen LogP contribution in [0.1, 0.15) is 28.8 Å². The third kappa shape index (κ3) is 2.57. The summed E-state index contributed by atoms with van der Waals surface area (Å²) in [6, 6.07) is 6.88. The molecule has 0 aliphatic rings. The van der Waals surface area contributed by atoms with Crippen LogP contribution in [0.2, 0.25) is 0 Å². The number of benzene rings is 1. The molecule has 0 saturated heterocycles. The van der Waals surface area contributed by atoms with Crippen LogP contribution in [0.25, 0.3) is 0 Å². The zero-order chi connectivity index (χ0) is 10.6. The fourth-order valence-corrected chi connectivity index (χ4v) is 1.30. The van der Waals surface area contributed by atoms with E-state index in [-0.39, 0.29) is 0 Å². The van der Waals surface area contributed by atoms with Gasteiger partial charge in [-0.2, -0.15) is 0 Å². The van der Waals surface area contributed by atoms with E-state index in [0.717, 1.165) is 5.56 Å². The predicted octanol–water partition coefficient (Wildman–Crippen LogP) is 2.13. The van der Waals surface area contributed by atoms with Gasteiger partial charge in [0.1, 0.15) is 0 Å². The molecule has 1 unspecified atom stereocenters. The van der Waals surface area contributed by atoms with Crippen molar-refractivity contribution >= 4 is 5.97 Å². The quantitative estimate of drug-likeness (QED) is 0.798. The van der Waals surface area contributed by atoms with E-state index >= 15 is 0 Å². The first kappa shape index (κ1) is 10.7. The van der Waals surface area contributed by atoms with Crippen molar-refractivity contribution in [3.63, 3.8) is 0 Å². The molecule has 0 aromatic heterocycles. The van der Waals surface area contributed by atoms with Gasteiger partial charge >= 0.3 is 5.97 Å². The summed E-state index contributed by atoms with van der Waals surface area (Å²) in [6.07, 6.45) is 0. The van der Waals surface area contributed by atoms with Crippen LogP contribution in [0, 0.1) is 0 Å². The van der Waals surface area contributed by atoms with E-state index in [1.54, 1.807) is 19.2 Å². The lowest BCUT2D eigenvalue weighted by Gasteiger charge is -2.10. The molecule has 0 heterocycles. The Balaban J connectivity index is 2.77. The molecule has 0 fully saturated rings. The van der Waals surface area contributed by atoms with Gasteiger partial charge in [-0.05, 0) is 17.7 Å². The molecule has 0 bridgehead atoms. The van der Waals surface area contributed by atoms with Crippen molar-refractivity contribution in [2.45, 2.75) is 12.8 Å². The van der Waals surface area contributed by atoms with E-state index in [1.807, 2.05) is 19.1 Å². The minimum atomic E-state index is -0.893. The molecular formula is C11H14O3. The van der Waals surface area contributed by atoms with Crippen molar-refractivity contribution in [2.24, 2.45) is 0 Å².